The molecule has 2 aromatic heterocycles. The van der Waals surface area contributed by atoms with Gasteiger partial charge in [0.2, 0.25) is 0 Å². The summed E-state index contributed by atoms with van der Waals surface area (Å²) in [6, 6.07) is 22.5. The first-order chi connectivity index (χ1) is 13.8. The van der Waals surface area contributed by atoms with Gasteiger partial charge in [-0.15, -0.1) is 5.10 Å². The van der Waals surface area contributed by atoms with Crippen LogP contribution >= 0.6 is 0 Å². The van der Waals surface area contributed by atoms with E-state index in [1.807, 2.05) is 66.7 Å². The molecule has 5 rings (SSSR count). The number of nitrogens with zero attached hydrogens (tertiary/aromatic N) is 4. The molecule has 3 aromatic carbocycles. The number of aromatic amines is 1. The summed E-state index contributed by atoms with van der Waals surface area (Å²) < 4.78 is 7.50. The number of hydrogen-bond acceptors (Lipinski definition) is 5. The quantitative estimate of drug-likeness (QED) is 0.492. The largest absolute Gasteiger partial charge is 0.486 e. The van der Waals surface area contributed by atoms with Crippen LogP contribution in [0.1, 0.15) is 5.82 Å². The number of benzene rings is 3. The second-order valence-corrected chi connectivity index (χ2v) is 6.34. The molecule has 136 valence electrons. The molecular formula is C21H15N5O2. The Kier molecular flexibility index (Phi) is 3.83. The van der Waals surface area contributed by atoms with Crippen molar-refractivity contribution in [1.82, 2.24) is 25.2 Å². The first kappa shape index (κ1) is 16.2. The number of aromatic nitrogens is 5. The van der Waals surface area contributed by atoms with Gasteiger partial charge >= 0.3 is 0 Å². The highest BCUT2D eigenvalue weighted by atomic mass is 16.5. The second kappa shape index (κ2) is 6.62. The number of ether oxygens (including phenoxy) is 1. The molecule has 0 bridgehead atoms. The molecule has 0 fully saturated rings. The standard InChI is InChI=1S/C21H15N5O2/c27-21-16-8-4-5-9-18(16)22-19-11-10-15(12-17(19)21)28-13-20-23-24-25-26(20)14-6-2-1-3-7-14/h1-12H,13H2,(H,22,27). The van der Waals surface area contributed by atoms with Crippen molar-refractivity contribution in [3.05, 3.63) is 88.8 Å². The van der Waals surface area contributed by atoms with E-state index in [2.05, 4.69) is 20.5 Å². The van der Waals surface area contributed by atoms with Gasteiger partial charge in [0, 0.05) is 16.3 Å². The number of fused-ring (bicyclic) bond motifs is 2. The van der Waals surface area contributed by atoms with Crippen LogP contribution in [0.15, 0.2) is 77.6 Å². The zero-order valence-corrected chi connectivity index (χ0v) is 14.7. The van der Waals surface area contributed by atoms with E-state index in [-0.39, 0.29) is 12.0 Å². The third kappa shape index (κ3) is 2.79. The van der Waals surface area contributed by atoms with Gasteiger partial charge in [0.15, 0.2) is 11.3 Å². The highest BCUT2D eigenvalue weighted by molar-refractivity contribution is 5.92. The number of hydrogen-bond donors (Lipinski definition) is 1. The second-order valence-electron chi connectivity index (χ2n) is 6.34. The predicted molar refractivity (Wildman–Crippen MR) is 106 cm³/mol. The molecule has 5 aromatic rings. The smallest absolute Gasteiger partial charge is 0.197 e. The van der Waals surface area contributed by atoms with Gasteiger partial charge < -0.3 is 9.72 Å². The van der Waals surface area contributed by atoms with Crippen molar-refractivity contribution >= 4 is 21.8 Å². The van der Waals surface area contributed by atoms with Crippen molar-refractivity contribution in [2.24, 2.45) is 0 Å². The van der Waals surface area contributed by atoms with Gasteiger partial charge in [0.25, 0.3) is 0 Å². The van der Waals surface area contributed by atoms with Gasteiger partial charge in [-0.1, -0.05) is 30.3 Å². The van der Waals surface area contributed by atoms with E-state index >= 15 is 0 Å². The fourth-order valence-electron chi connectivity index (χ4n) is 3.20. The summed E-state index contributed by atoms with van der Waals surface area (Å²) in [5.41, 5.74) is 2.41. The Morgan fingerprint density at radius 1 is 0.893 bits per heavy atom. The van der Waals surface area contributed by atoms with Crippen LogP contribution in [0.3, 0.4) is 0 Å². The summed E-state index contributed by atoms with van der Waals surface area (Å²) in [5.74, 6) is 1.15. The van der Waals surface area contributed by atoms with Crippen molar-refractivity contribution in [3.63, 3.8) is 0 Å². The van der Waals surface area contributed by atoms with Gasteiger partial charge in [-0.25, -0.2) is 0 Å². The van der Waals surface area contributed by atoms with E-state index in [9.17, 15) is 4.79 Å². The molecule has 0 atom stereocenters. The molecule has 7 nitrogen and oxygen atoms in total. The molecule has 0 spiro atoms. The lowest BCUT2D eigenvalue weighted by Crippen LogP contribution is -2.07. The molecule has 0 aliphatic heterocycles. The number of H-pyrrole nitrogens is 1. The van der Waals surface area contributed by atoms with Crippen molar-refractivity contribution in [2.45, 2.75) is 6.61 Å². The van der Waals surface area contributed by atoms with Crippen molar-refractivity contribution in [3.8, 4) is 11.4 Å². The Balaban J connectivity index is 1.47. The summed E-state index contributed by atoms with van der Waals surface area (Å²) in [6.45, 7) is 0.179. The predicted octanol–water partition coefficient (Wildman–Crippen LogP) is 3.24. The molecule has 0 aliphatic carbocycles. The summed E-state index contributed by atoms with van der Waals surface area (Å²) in [4.78, 5) is 16.1. The number of nitrogens with one attached hydrogen (secondary N) is 1. The molecule has 1 N–H and O–H groups in total. The average molecular weight is 369 g/mol. The van der Waals surface area contributed by atoms with E-state index in [0.717, 1.165) is 16.7 Å². The Hall–Kier alpha value is -4.00. The Morgan fingerprint density at radius 2 is 1.68 bits per heavy atom. The first-order valence-corrected chi connectivity index (χ1v) is 8.80. The maximum absolute atomic E-state index is 12.8. The lowest BCUT2D eigenvalue weighted by molar-refractivity contribution is 0.292. The zero-order chi connectivity index (χ0) is 18.9. The van der Waals surface area contributed by atoms with Gasteiger partial charge in [0.1, 0.15) is 12.4 Å². The zero-order valence-electron chi connectivity index (χ0n) is 14.7. The Labute approximate surface area is 159 Å². The molecule has 0 saturated carbocycles. The first-order valence-electron chi connectivity index (χ1n) is 8.80. The molecule has 0 amide bonds. The van der Waals surface area contributed by atoms with Crippen LogP contribution in [0.2, 0.25) is 0 Å². The van der Waals surface area contributed by atoms with Crippen LogP contribution in [0.5, 0.6) is 5.75 Å². The van der Waals surface area contributed by atoms with Gasteiger partial charge in [-0.3, -0.25) is 4.79 Å². The molecule has 28 heavy (non-hydrogen) atoms. The molecule has 2 heterocycles. The number of tetrazole rings is 1. The average Bonchev–Trinajstić information content (AvgIpc) is 3.22. The minimum absolute atomic E-state index is 0.0241. The van der Waals surface area contributed by atoms with E-state index in [1.54, 1.807) is 10.7 Å². The van der Waals surface area contributed by atoms with E-state index in [0.29, 0.717) is 22.3 Å². The Bertz CT molecular complexity index is 1340. The fourth-order valence-corrected chi connectivity index (χ4v) is 3.20. The normalized spacial score (nSPS) is 11.1. The Morgan fingerprint density at radius 3 is 2.57 bits per heavy atom. The minimum Gasteiger partial charge on any atom is -0.486 e. The van der Waals surface area contributed by atoms with Crippen LogP contribution in [-0.2, 0) is 6.61 Å². The van der Waals surface area contributed by atoms with Crippen LogP contribution in [-0.4, -0.2) is 25.2 Å². The molecule has 0 radical (unpaired) electrons. The van der Waals surface area contributed by atoms with E-state index in [1.165, 1.54) is 0 Å². The monoisotopic (exact) mass is 369 g/mol. The highest BCUT2D eigenvalue weighted by Gasteiger charge is 2.10. The van der Waals surface area contributed by atoms with Gasteiger partial charge in [-0.05, 0) is 52.9 Å². The van der Waals surface area contributed by atoms with Crippen LogP contribution in [0, 0.1) is 0 Å². The maximum Gasteiger partial charge on any atom is 0.197 e. The van der Waals surface area contributed by atoms with E-state index in [4.69, 9.17) is 4.74 Å². The lowest BCUT2D eigenvalue weighted by Gasteiger charge is -2.08. The lowest BCUT2D eigenvalue weighted by atomic mass is 10.1. The maximum atomic E-state index is 12.8. The summed E-state index contributed by atoms with van der Waals surface area (Å²) in [5, 5.41) is 13.0. The molecule has 0 aliphatic rings. The molecular weight excluding hydrogens is 354 g/mol. The summed E-state index contributed by atoms with van der Waals surface area (Å²) in [7, 11) is 0. The topological polar surface area (TPSA) is 85.7 Å². The van der Waals surface area contributed by atoms with Crippen LogP contribution in [0.25, 0.3) is 27.5 Å². The fraction of sp³-hybridized carbons (Fsp3) is 0.0476. The van der Waals surface area contributed by atoms with Gasteiger partial charge in [0.05, 0.1) is 11.2 Å². The third-order valence-electron chi connectivity index (χ3n) is 4.58. The van der Waals surface area contributed by atoms with E-state index < -0.39 is 0 Å². The number of para-hydroxylation sites is 2. The minimum atomic E-state index is -0.0241. The van der Waals surface area contributed by atoms with Crippen LogP contribution < -0.4 is 10.2 Å². The summed E-state index contributed by atoms with van der Waals surface area (Å²) >= 11 is 0. The number of rotatable bonds is 4. The number of pyridine rings is 1. The summed E-state index contributed by atoms with van der Waals surface area (Å²) in [6.07, 6.45) is 0. The highest BCUT2D eigenvalue weighted by Crippen LogP contribution is 2.21. The van der Waals surface area contributed by atoms with Crippen molar-refractivity contribution in [1.29, 1.82) is 0 Å². The third-order valence-corrected chi connectivity index (χ3v) is 4.58. The van der Waals surface area contributed by atoms with Crippen LogP contribution in [0.4, 0.5) is 0 Å². The molecule has 7 heteroatoms. The van der Waals surface area contributed by atoms with Crippen molar-refractivity contribution < 1.29 is 4.74 Å². The SMILES string of the molecule is O=c1c2ccccc2[nH]c2ccc(OCc3nnnn3-c3ccccc3)cc12. The molecule has 0 saturated heterocycles. The van der Waals surface area contributed by atoms with Gasteiger partial charge in [-0.2, -0.15) is 4.68 Å². The van der Waals surface area contributed by atoms with Crippen molar-refractivity contribution in [2.75, 3.05) is 0 Å². The molecule has 0 unspecified atom stereocenters.